The number of hydrogen-bond acceptors (Lipinski definition) is 6. The molecule has 0 amide bonds. The summed E-state index contributed by atoms with van der Waals surface area (Å²) >= 11 is 0. The molecule has 352 valence electrons. The van der Waals surface area contributed by atoms with Gasteiger partial charge in [-0.3, -0.25) is 14.4 Å². The Morgan fingerprint density at radius 2 is 0.590 bits per heavy atom. The highest BCUT2D eigenvalue weighted by atomic mass is 16.6. The third-order valence-electron chi connectivity index (χ3n) is 11.0. The maximum absolute atomic E-state index is 12.8. The van der Waals surface area contributed by atoms with Gasteiger partial charge in [0.25, 0.3) is 0 Å². The second kappa shape index (κ2) is 49.8. The summed E-state index contributed by atoms with van der Waals surface area (Å²) in [6.45, 7) is 6.54. The molecule has 0 saturated heterocycles. The molecule has 0 aromatic carbocycles. The minimum atomic E-state index is -0.797. The first-order valence-electron chi connectivity index (χ1n) is 25.8. The average Bonchev–Trinajstić information content (AvgIpc) is 3.26. The number of carbonyl (C=O) groups excluding carboxylic acids is 3. The predicted octanol–water partition coefficient (Wildman–Crippen LogP) is 16.9. The lowest BCUT2D eigenvalue weighted by Crippen LogP contribution is -2.30. The summed E-state index contributed by atoms with van der Waals surface area (Å²) in [6.07, 6.45) is 60.5. The van der Waals surface area contributed by atoms with E-state index in [4.69, 9.17) is 14.2 Å². The minimum Gasteiger partial charge on any atom is -0.462 e. The zero-order chi connectivity index (χ0) is 44.4. The maximum Gasteiger partial charge on any atom is 0.306 e. The van der Waals surface area contributed by atoms with Crippen LogP contribution in [0.5, 0.6) is 0 Å². The van der Waals surface area contributed by atoms with Gasteiger partial charge in [0.05, 0.1) is 0 Å². The van der Waals surface area contributed by atoms with Crippen molar-refractivity contribution in [2.75, 3.05) is 13.2 Å². The van der Waals surface area contributed by atoms with Crippen LogP contribution >= 0.6 is 0 Å². The molecule has 0 N–H and O–H groups in total. The van der Waals surface area contributed by atoms with Crippen molar-refractivity contribution in [1.29, 1.82) is 0 Å². The minimum absolute atomic E-state index is 0.0924. The van der Waals surface area contributed by atoms with Gasteiger partial charge in [0.15, 0.2) is 6.10 Å². The van der Waals surface area contributed by atoms with Crippen LogP contribution < -0.4 is 0 Å². The standard InChI is InChI=1S/C55H96O6/c1-4-7-10-13-16-19-22-25-27-30-33-36-39-42-45-48-54(57)60-51-52(50-59-53(56)47-44-41-38-35-32-29-24-21-18-15-12-9-6-3)61-55(58)49-46-43-40-37-34-31-28-26-23-20-17-14-11-8-5-2/h16-17,19-20,25-28,34,37,52H,4-15,18,21-24,29-33,35-36,38-51H2,1-3H3/b19-16-,20-17-,27-25-,28-26-,37-34-/t52-/m0/s1. The third kappa shape index (κ3) is 48.0. The fraction of sp³-hybridized carbons (Fsp3) is 0.764. The monoisotopic (exact) mass is 853 g/mol. The number of carbonyl (C=O) groups is 3. The van der Waals surface area contributed by atoms with Crippen LogP contribution in [0, 0.1) is 0 Å². The van der Waals surface area contributed by atoms with Crippen LogP contribution in [0.1, 0.15) is 252 Å². The molecule has 0 rings (SSSR count). The van der Waals surface area contributed by atoms with E-state index in [1.165, 1.54) is 116 Å². The zero-order valence-corrected chi connectivity index (χ0v) is 40.2. The van der Waals surface area contributed by atoms with Crippen LogP contribution in [-0.4, -0.2) is 37.2 Å². The summed E-state index contributed by atoms with van der Waals surface area (Å²) in [5.74, 6) is -0.941. The van der Waals surface area contributed by atoms with Crippen molar-refractivity contribution in [2.45, 2.75) is 258 Å². The van der Waals surface area contributed by atoms with Crippen molar-refractivity contribution in [1.82, 2.24) is 0 Å². The molecule has 6 heteroatoms. The normalized spacial score (nSPS) is 12.5. The molecule has 0 unspecified atom stereocenters. The molecule has 0 aliphatic rings. The number of allylic oxidation sites excluding steroid dienone is 10. The van der Waals surface area contributed by atoms with Crippen LogP contribution in [0.15, 0.2) is 60.8 Å². The van der Waals surface area contributed by atoms with E-state index in [1.54, 1.807) is 0 Å². The Kier molecular flexibility index (Phi) is 47.4. The van der Waals surface area contributed by atoms with E-state index in [9.17, 15) is 14.4 Å². The van der Waals surface area contributed by atoms with E-state index >= 15 is 0 Å². The lowest BCUT2D eigenvalue weighted by atomic mass is 10.0. The smallest absolute Gasteiger partial charge is 0.306 e. The summed E-state index contributed by atoms with van der Waals surface area (Å²) in [5.41, 5.74) is 0. The van der Waals surface area contributed by atoms with Crippen molar-refractivity contribution in [2.24, 2.45) is 0 Å². The molecule has 0 spiro atoms. The zero-order valence-electron chi connectivity index (χ0n) is 40.2. The Hall–Kier alpha value is -2.89. The van der Waals surface area contributed by atoms with E-state index in [2.05, 4.69) is 81.5 Å². The number of rotatable bonds is 46. The molecule has 0 aliphatic carbocycles. The topological polar surface area (TPSA) is 78.9 Å². The highest BCUT2D eigenvalue weighted by Crippen LogP contribution is 2.14. The first-order valence-corrected chi connectivity index (χ1v) is 25.8. The summed E-state index contributed by atoms with van der Waals surface area (Å²) in [7, 11) is 0. The highest BCUT2D eigenvalue weighted by molar-refractivity contribution is 5.71. The molecule has 1 atom stereocenters. The van der Waals surface area contributed by atoms with Gasteiger partial charge in [-0.15, -0.1) is 0 Å². The first-order chi connectivity index (χ1) is 30.0. The SMILES string of the molecule is CCCCC/C=C\C/C=C\C/C=C\CCCCC(=O)O[C@H](COC(=O)CCCCCCC/C=C\C/C=C\CCCCC)COC(=O)CCCCCCCCCCCCCCC. The van der Waals surface area contributed by atoms with Crippen molar-refractivity contribution in [3.05, 3.63) is 60.8 Å². The molecular weight excluding hydrogens is 757 g/mol. The lowest BCUT2D eigenvalue weighted by molar-refractivity contribution is -0.167. The number of unbranched alkanes of at least 4 members (excludes halogenated alkanes) is 25. The van der Waals surface area contributed by atoms with Gasteiger partial charge >= 0.3 is 17.9 Å². The fourth-order valence-electron chi connectivity index (χ4n) is 7.07. The lowest BCUT2D eigenvalue weighted by Gasteiger charge is -2.18. The summed E-state index contributed by atoms with van der Waals surface area (Å²) in [5, 5.41) is 0. The van der Waals surface area contributed by atoms with Crippen LogP contribution in [0.3, 0.4) is 0 Å². The van der Waals surface area contributed by atoms with E-state index in [0.29, 0.717) is 19.3 Å². The highest BCUT2D eigenvalue weighted by Gasteiger charge is 2.19. The third-order valence-corrected chi connectivity index (χ3v) is 11.0. The fourth-order valence-corrected chi connectivity index (χ4v) is 7.07. The molecule has 0 heterocycles. The van der Waals surface area contributed by atoms with Gasteiger partial charge in [0.1, 0.15) is 13.2 Å². The van der Waals surface area contributed by atoms with Crippen molar-refractivity contribution < 1.29 is 28.6 Å². The summed E-state index contributed by atoms with van der Waals surface area (Å²) in [6, 6.07) is 0. The molecule has 6 nitrogen and oxygen atoms in total. The molecule has 0 bridgehead atoms. The van der Waals surface area contributed by atoms with E-state index in [0.717, 1.165) is 89.9 Å². The molecule has 61 heavy (non-hydrogen) atoms. The Morgan fingerprint density at radius 3 is 0.984 bits per heavy atom. The number of hydrogen-bond donors (Lipinski definition) is 0. The van der Waals surface area contributed by atoms with Gasteiger partial charge in [-0.05, 0) is 89.9 Å². The van der Waals surface area contributed by atoms with Crippen molar-refractivity contribution >= 4 is 17.9 Å². The second-order valence-electron chi connectivity index (χ2n) is 17.1. The van der Waals surface area contributed by atoms with E-state index < -0.39 is 6.10 Å². The van der Waals surface area contributed by atoms with Gasteiger partial charge in [0, 0.05) is 19.3 Å². The average molecular weight is 853 g/mol. The second-order valence-corrected chi connectivity index (χ2v) is 17.1. The first kappa shape index (κ1) is 58.1. The number of esters is 3. The number of ether oxygens (including phenoxy) is 3. The molecule has 0 fully saturated rings. The van der Waals surface area contributed by atoms with Crippen LogP contribution in [-0.2, 0) is 28.6 Å². The van der Waals surface area contributed by atoms with Gasteiger partial charge in [-0.25, -0.2) is 0 Å². The summed E-state index contributed by atoms with van der Waals surface area (Å²) < 4.78 is 16.8. The largest absolute Gasteiger partial charge is 0.462 e. The Morgan fingerprint density at radius 1 is 0.328 bits per heavy atom. The van der Waals surface area contributed by atoms with Crippen LogP contribution in [0.4, 0.5) is 0 Å². The van der Waals surface area contributed by atoms with Gasteiger partial charge in [-0.1, -0.05) is 204 Å². The quantitative estimate of drug-likeness (QED) is 0.0263. The maximum atomic E-state index is 12.8. The van der Waals surface area contributed by atoms with Gasteiger partial charge < -0.3 is 14.2 Å². The van der Waals surface area contributed by atoms with Crippen LogP contribution in [0.25, 0.3) is 0 Å². The van der Waals surface area contributed by atoms with Crippen molar-refractivity contribution in [3.8, 4) is 0 Å². The van der Waals surface area contributed by atoms with Crippen molar-refractivity contribution in [3.63, 3.8) is 0 Å². The summed E-state index contributed by atoms with van der Waals surface area (Å²) in [4.78, 5) is 37.9. The Balaban J connectivity index is 4.46. The van der Waals surface area contributed by atoms with Gasteiger partial charge in [0.2, 0.25) is 0 Å². The molecule has 0 saturated carbocycles. The molecule has 0 aromatic rings. The molecule has 0 aliphatic heterocycles. The van der Waals surface area contributed by atoms with E-state index in [-0.39, 0.29) is 37.5 Å². The van der Waals surface area contributed by atoms with Crippen LogP contribution in [0.2, 0.25) is 0 Å². The molecule has 0 aromatic heterocycles. The molecule has 0 radical (unpaired) electrons. The molecular formula is C55H96O6. The van der Waals surface area contributed by atoms with Gasteiger partial charge in [-0.2, -0.15) is 0 Å². The Labute approximate surface area is 377 Å². The Bertz CT molecular complexity index is 1120. The predicted molar refractivity (Wildman–Crippen MR) is 261 cm³/mol. The van der Waals surface area contributed by atoms with E-state index in [1.807, 2.05) is 0 Å².